The van der Waals surface area contributed by atoms with Gasteiger partial charge in [-0.15, -0.1) is 0 Å². The highest BCUT2D eigenvalue weighted by Gasteiger charge is 2.14. The number of anilines is 1. The summed E-state index contributed by atoms with van der Waals surface area (Å²) < 4.78 is 36.7. The largest absolute Gasteiger partial charge is 0.497 e. The van der Waals surface area contributed by atoms with Crippen LogP contribution in [0.5, 0.6) is 11.5 Å². The molecule has 7 nitrogen and oxygen atoms in total. The lowest BCUT2D eigenvalue weighted by Crippen LogP contribution is -2.34. The fourth-order valence-electron chi connectivity index (χ4n) is 2.45. The first-order chi connectivity index (χ1) is 12.9. The molecule has 0 fully saturated rings. The first kappa shape index (κ1) is 20.7. The fourth-order valence-corrected chi connectivity index (χ4v) is 3.47. The quantitative estimate of drug-likeness (QED) is 0.646. The molecule has 0 aliphatic heterocycles. The molecule has 146 valence electrons. The van der Waals surface area contributed by atoms with E-state index in [4.69, 9.17) is 9.47 Å². The number of nitrogens with one attached hydrogen (secondary N) is 2. The van der Waals surface area contributed by atoms with Crippen LogP contribution in [0.3, 0.4) is 0 Å². The van der Waals surface area contributed by atoms with Crippen molar-refractivity contribution in [3.8, 4) is 11.5 Å². The molecule has 27 heavy (non-hydrogen) atoms. The topological polar surface area (TPSA) is 93.7 Å². The number of ether oxygens (including phenoxy) is 2. The second-order valence-electron chi connectivity index (χ2n) is 5.84. The lowest BCUT2D eigenvalue weighted by atomic mass is 10.1. The highest BCUT2D eigenvalue weighted by Crippen LogP contribution is 2.28. The van der Waals surface area contributed by atoms with Gasteiger partial charge in [0.15, 0.2) is 0 Å². The van der Waals surface area contributed by atoms with Crippen molar-refractivity contribution in [2.24, 2.45) is 0 Å². The SMILES string of the molecule is COc1ccc(NC(=O)CNS(=O)(=O)CCCc2ccccc2)c(OC)c1. The maximum absolute atomic E-state index is 12.1. The predicted octanol–water partition coefficient (Wildman–Crippen LogP) is 2.19. The van der Waals surface area contributed by atoms with Gasteiger partial charge in [0, 0.05) is 6.07 Å². The molecular formula is C19H24N2O5S. The second kappa shape index (κ2) is 9.94. The standard InChI is InChI=1S/C19H24N2O5S/c1-25-16-10-11-17(18(13-16)26-2)21-19(22)14-20-27(23,24)12-6-9-15-7-4-3-5-8-15/h3-5,7-8,10-11,13,20H,6,9,12,14H2,1-2H3,(H,21,22). The third-order valence-corrected chi connectivity index (χ3v) is 5.27. The minimum atomic E-state index is -3.53. The van der Waals surface area contributed by atoms with Crippen LogP contribution in [0.4, 0.5) is 5.69 Å². The minimum Gasteiger partial charge on any atom is -0.497 e. The zero-order valence-electron chi connectivity index (χ0n) is 15.4. The fraction of sp³-hybridized carbons (Fsp3) is 0.316. The first-order valence-corrected chi connectivity index (χ1v) is 10.1. The molecule has 0 heterocycles. The van der Waals surface area contributed by atoms with Crippen molar-refractivity contribution in [2.75, 3.05) is 31.8 Å². The van der Waals surface area contributed by atoms with E-state index in [1.165, 1.54) is 14.2 Å². The molecule has 0 saturated heterocycles. The Morgan fingerprint density at radius 1 is 1.04 bits per heavy atom. The zero-order valence-corrected chi connectivity index (χ0v) is 16.2. The molecule has 8 heteroatoms. The van der Waals surface area contributed by atoms with Crippen LogP contribution in [0.2, 0.25) is 0 Å². The van der Waals surface area contributed by atoms with Gasteiger partial charge in [-0.2, -0.15) is 0 Å². The summed E-state index contributed by atoms with van der Waals surface area (Å²) in [7, 11) is -0.528. The van der Waals surface area contributed by atoms with Crippen LogP contribution in [0.25, 0.3) is 0 Å². The van der Waals surface area contributed by atoms with E-state index >= 15 is 0 Å². The van der Waals surface area contributed by atoms with Crippen molar-refractivity contribution in [3.63, 3.8) is 0 Å². The van der Waals surface area contributed by atoms with E-state index in [2.05, 4.69) is 10.0 Å². The third-order valence-electron chi connectivity index (χ3n) is 3.86. The smallest absolute Gasteiger partial charge is 0.239 e. The molecule has 2 aromatic carbocycles. The first-order valence-electron chi connectivity index (χ1n) is 8.46. The number of hydrogen-bond donors (Lipinski definition) is 2. The summed E-state index contributed by atoms with van der Waals surface area (Å²) in [4.78, 5) is 12.1. The molecule has 0 saturated carbocycles. The van der Waals surface area contributed by atoms with Crippen LogP contribution in [-0.2, 0) is 21.2 Å². The number of aryl methyl sites for hydroxylation is 1. The Morgan fingerprint density at radius 2 is 1.78 bits per heavy atom. The van der Waals surface area contributed by atoms with Crippen LogP contribution < -0.4 is 19.5 Å². The van der Waals surface area contributed by atoms with E-state index < -0.39 is 15.9 Å². The summed E-state index contributed by atoms with van der Waals surface area (Å²) in [6.07, 6.45) is 1.14. The van der Waals surface area contributed by atoms with Gasteiger partial charge in [0.2, 0.25) is 15.9 Å². The van der Waals surface area contributed by atoms with Gasteiger partial charge in [-0.1, -0.05) is 30.3 Å². The molecule has 0 aromatic heterocycles. The number of methoxy groups -OCH3 is 2. The Bertz CT molecular complexity index is 854. The van der Waals surface area contributed by atoms with Gasteiger partial charge in [-0.25, -0.2) is 13.1 Å². The molecule has 0 atom stereocenters. The maximum Gasteiger partial charge on any atom is 0.239 e. The van der Waals surface area contributed by atoms with Crippen LogP contribution in [-0.4, -0.2) is 40.8 Å². The van der Waals surface area contributed by atoms with Gasteiger partial charge in [0.05, 0.1) is 32.2 Å². The summed E-state index contributed by atoms with van der Waals surface area (Å²) >= 11 is 0. The molecule has 1 amide bonds. The Kier molecular flexibility index (Phi) is 7.63. The Morgan fingerprint density at radius 3 is 2.44 bits per heavy atom. The van der Waals surface area contributed by atoms with Crippen molar-refractivity contribution in [2.45, 2.75) is 12.8 Å². The summed E-state index contributed by atoms with van der Waals surface area (Å²) in [6.45, 7) is -0.344. The van der Waals surface area contributed by atoms with Crippen molar-refractivity contribution in [1.82, 2.24) is 4.72 Å². The summed E-state index contributed by atoms with van der Waals surface area (Å²) in [5, 5.41) is 2.62. The number of rotatable bonds is 10. The third kappa shape index (κ3) is 6.92. The lowest BCUT2D eigenvalue weighted by Gasteiger charge is -2.12. The number of benzene rings is 2. The molecule has 0 bridgehead atoms. The number of hydrogen-bond acceptors (Lipinski definition) is 5. The number of carbonyl (C=O) groups excluding carboxylic acids is 1. The molecule has 0 radical (unpaired) electrons. The van der Waals surface area contributed by atoms with Crippen LogP contribution in [0, 0.1) is 0 Å². The number of carbonyl (C=O) groups is 1. The van der Waals surface area contributed by atoms with Crippen molar-refractivity contribution in [1.29, 1.82) is 0 Å². The van der Waals surface area contributed by atoms with Crippen molar-refractivity contribution >= 4 is 21.6 Å². The molecule has 2 aromatic rings. The Hall–Kier alpha value is -2.58. The molecule has 0 spiro atoms. The van der Waals surface area contributed by atoms with Gasteiger partial charge in [-0.3, -0.25) is 4.79 Å². The number of sulfonamides is 1. The Balaban J connectivity index is 1.81. The molecule has 0 aliphatic rings. The average Bonchev–Trinajstić information content (AvgIpc) is 2.67. The normalized spacial score (nSPS) is 11.0. The van der Waals surface area contributed by atoms with Gasteiger partial charge < -0.3 is 14.8 Å². The zero-order chi connectivity index (χ0) is 19.7. The maximum atomic E-state index is 12.1. The minimum absolute atomic E-state index is 0.0406. The molecule has 2 N–H and O–H groups in total. The molecular weight excluding hydrogens is 368 g/mol. The Labute approximate surface area is 159 Å². The van der Waals surface area contributed by atoms with E-state index in [9.17, 15) is 13.2 Å². The highest BCUT2D eigenvalue weighted by molar-refractivity contribution is 7.89. The van der Waals surface area contributed by atoms with Gasteiger partial charge in [0.25, 0.3) is 0 Å². The van der Waals surface area contributed by atoms with E-state index in [-0.39, 0.29) is 12.3 Å². The molecule has 2 rings (SSSR count). The van der Waals surface area contributed by atoms with E-state index in [1.807, 2.05) is 30.3 Å². The molecule has 0 aliphatic carbocycles. The van der Waals surface area contributed by atoms with Crippen molar-refractivity contribution in [3.05, 3.63) is 54.1 Å². The van der Waals surface area contributed by atoms with Crippen LogP contribution in [0.15, 0.2) is 48.5 Å². The predicted molar refractivity (Wildman–Crippen MR) is 105 cm³/mol. The average molecular weight is 392 g/mol. The number of amides is 1. The van der Waals surface area contributed by atoms with Gasteiger partial charge >= 0.3 is 0 Å². The van der Waals surface area contributed by atoms with Crippen LogP contribution >= 0.6 is 0 Å². The van der Waals surface area contributed by atoms with Crippen LogP contribution in [0.1, 0.15) is 12.0 Å². The van der Waals surface area contributed by atoms with E-state index in [0.717, 1.165) is 5.56 Å². The van der Waals surface area contributed by atoms with Gasteiger partial charge in [-0.05, 0) is 30.5 Å². The second-order valence-corrected chi connectivity index (χ2v) is 7.77. The van der Waals surface area contributed by atoms with Gasteiger partial charge in [0.1, 0.15) is 11.5 Å². The summed E-state index contributed by atoms with van der Waals surface area (Å²) in [6, 6.07) is 14.6. The lowest BCUT2D eigenvalue weighted by molar-refractivity contribution is -0.115. The van der Waals surface area contributed by atoms with Crippen molar-refractivity contribution < 1.29 is 22.7 Å². The summed E-state index contributed by atoms with van der Waals surface area (Å²) in [5.41, 5.74) is 1.52. The van der Waals surface area contributed by atoms with E-state index in [1.54, 1.807) is 18.2 Å². The summed E-state index contributed by atoms with van der Waals surface area (Å²) in [5.74, 6) is 0.489. The van der Waals surface area contributed by atoms with E-state index in [0.29, 0.717) is 30.0 Å². The monoisotopic (exact) mass is 392 g/mol. The highest BCUT2D eigenvalue weighted by atomic mass is 32.2. The molecule has 0 unspecified atom stereocenters.